The number of methoxy groups -OCH3 is 1. The van der Waals surface area contributed by atoms with Gasteiger partial charge in [0.2, 0.25) is 0 Å². The number of para-hydroxylation sites is 1. The van der Waals surface area contributed by atoms with E-state index in [0.717, 1.165) is 23.2 Å². The Labute approximate surface area is 160 Å². The van der Waals surface area contributed by atoms with E-state index in [1.807, 2.05) is 12.1 Å². The summed E-state index contributed by atoms with van der Waals surface area (Å²) in [6.07, 6.45) is 3.14. The van der Waals surface area contributed by atoms with Crippen LogP contribution in [0.15, 0.2) is 30.5 Å². The Morgan fingerprint density at radius 2 is 2.14 bits per heavy atom. The molecule has 0 spiro atoms. The standard InChI is InChI=1S/C20H17N5O3/c1-27-17(26)10-28-16-5-3-2-4-11(16)18-12-6-7-15-14(9-23-25-15)19(12)24-20(22)13(18)8-21/h2-5,9H,6-7,10H2,1H3,(H2,22,24)(H,23,25). The number of rotatable bonds is 4. The molecule has 3 N–H and O–H groups in total. The number of pyridine rings is 1. The summed E-state index contributed by atoms with van der Waals surface area (Å²) in [5.74, 6) is 0.123. The van der Waals surface area contributed by atoms with Crippen LogP contribution in [0.4, 0.5) is 5.82 Å². The first kappa shape index (κ1) is 17.5. The maximum Gasteiger partial charge on any atom is 0.343 e. The van der Waals surface area contributed by atoms with Gasteiger partial charge in [0.25, 0.3) is 0 Å². The van der Waals surface area contributed by atoms with Crippen LogP contribution in [0, 0.1) is 11.3 Å². The minimum absolute atomic E-state index is 0.146. The van der Waals surface area contributed by atoms with Crippen molar-refractivity contribution in [1.82, 2.24) is 15.2 Å². The summed E-state index contributed by atoms with van der Waals surface area (Å²) in [5, 5.41) is 16.9. The molecule has 0 saturated carbocycles. The number of hydrogen-bond donors (Lipinski definition) is 2. The number of aromatic nitrogens is 3. The molecule has 0 radical (unpaired) electrons. The van der Waals surface area contributed by atoms with E-state index < -0.39 is 5.97 Å². The van der Waals surface area contributed by atoms with Gasteiger partial charge in [-0.15, -0.1) is 0 Å². The Morgan fingerprint density at radius 1 is 1.32 bits per heavy atom. The Balaban J connectivity index is 1.92. The molecule has 0 atom stereocenters. The number of anilines is 1. The zero-order chi connectivity index (χ0) is 19.7. The number of fused-ring (bicyclic) bond motifs is 3. The van der Waals surface area contributed by atoms with Crippen LogP contribution in [-0.2, 0) is 22.4 Å². The molecule has 0 aliphatic heterocycles. The van der Waals surface area contributed by atoms with E-state index in [1.54, 1.807) is 18.3 Å². The van der Waals surface area contributed by atoms with Gasteiger partial charge in [-0.05, 0) is 24.5 Å². The molecular weight excluding hydrogens is 358 g/mol. The van der Waals surface area contributed by atoms with Crippen LogP contribution < -0.4 is 10.5 Å². The molecule has 0 bridgehead atoms. The highest BCUT2D eigenvalue weighted by Crippen LogP contribution is 2.43. The van der Waals surface area contributed by atoms with E-state index in [2.05, 4.69) is 26.0 Å². The monoisotopic (exact) mass is 375 g/mol. The number of aryl methyl sites for hydroxylation is 1. The summed E-state index contributed by atoms with van der Waals surface area (Å²) in [4.78, 5) is 16.0. The van der Waals surface area contributed by atoms with E-state index in [4.69, 9.17) is 10.5 Å². The molecule has 0 saturated heterocycles. The fourth-order valence-electron chi connectivity index (χ4n) is 3.47. The summed E-state index contributed by atoms with van der Waals surface area (Å²) < 4.78 is 10.3. The molecule has 2 aromatic heterocycles. The third kappa shape index (κ3) is 2.83. The third-order valence-electron chi connectivity index (χ3n) is 4.77. The molecule has 0 amide bonds. The lowest BCUT2D eigenvalue weighted by atomic mass is 9.85. The lowest BCUT2D eigenvalue weighted by Crippen LogP contribution is -2.14. The molecule has 0 fully saturated rings. The number of nitrogens with one attached hydrogen (secondary N) is 1. The van der Waals surface area contributed by atoms with Crippen molar-refractivity contribution < 1.29 is 14.3 Å². The van der Waals surface area contributed by atoms with E-state index in [0.29, 0.717) is 34.6 Å². The van der Waals surface area contributed by atoms with E-state index in [-0.39, 0.29) is 12.4 Å². The molecule has 0 unspecified atom stereocenters. The topological polar surface area (TPSA) is 127 Å². The van der Waals surface area contributed by atoms with Crippen molar-refractivity contribution >= 4 is 11.8 Å². The summed E-state index contributed by atoms with van der Waals surface area (Å²) >= 11 is 0. The molecule has 8 nitrogen and oxygen atoms in total. The Morgan fingerprint density at radius 3 is 2.93 bits per heavy atom. The number of aromatic amines is 1. The minimum atomic E-state index is -0.491. The molecule has 1 aliphatic carbocycles. The molecule has 3 aromatic rings. The number of carbonyl (C=O) groups is 1. The second-order valence-corrected chi connectivity index (χ2v) is 6.31. The minimum Gasteiger partial charge on any atom is -0.481 e. The van der Waals surface area contributed by atoms with E-state index >= 15 is 0 Å². The number of nitrogens with zero attached hydrogens (tertiary/aromatic N) is 3. The quantitative estimate of drug-likeness (QED) is 0.669. The van der Waals surface area contributed by atoms with Gasteiger partial charge in [0, 0.05) is 22.4 Å². The van der Waals surface area contributed by atoms with E-state index in [1.165, 1.54) is 7.11 Å². The van der Waals surface area contributed by atoms with Gasteiger partial charge in [-0.1, -0.05) is 18.2 Å². The Kier molecular flexibility index (Phi) is 4.41. The van der Waals surface area contributed by atoms with E-state index in [9.17, 15) is 10.1 Å². The highest BCUT2D eigenvalue weighted by Gasteiger charge is 2.27. The zero-order valence-electron chi connectivity index (χ0n) is 15.2. The van der Waals surface area contributed by atoms with Crippen LogP contribution in [0.5, 0.6) is 5.75 Å². The smallest absolute Gasteiger partial charge is 0.343 e. The molecule has 1 aliphatic rings. The van der Waals surface area contributed by atoms with Crippen LogP contribution in [0.2, 0.25) is 0 Å². The lowest BCUT2D eigenvalue weighted by Gasteiger charge is -2.22. The van der Waals surface area contributed by atoms with Gasteiger partial charge in [-0.2, -0.15) is 10.4 Å². The maximum atomic E-state index is 11.5. The molecule has 8 heteroatoms. The van der Waals surface area contributed by atoms with Gasteiger partial charge >= 0.3 is 5.97 Å². The predicted molar refractivity (Wildman–Crippen MR) is 101 cm³/mol. The average Bonchev–Trinajstić information content (AvgIpc) is 3.20. The Hall–Kier alpha value is -3.86. The maximum absolute atomic E-state index is 11.5. The number of nitrogens with two attached hydrogens (primary N) is 1. The summed E-state index contributed by atoms with van der Waals surface area (Å²) in [7, 11) is 1.30. The summed E-state index contributed by atoms with van der Waals surface area (Å²) in [5.41, 5.74) is 11.3. The number of nitrogen functional groups attached to an aromatic ring is 1. The van der Waals surface area contributed by atoms with Gasteiger partial charge in [-0.25, -0.2) is 9.78 Å². The van der Waals surface area contributed by atoms with Crippen molar-refractivity contribution in [2.24, 2.45) is 0 Å². The molecule has 4 rings (SSSR count). The van der Waals surface area contributed by atoms with Crippen LogP contribution in [0.1, 0.15) is 16.8 Å². The first-order valence-corrected chi connectivity index (χ1v) is 8.68. The van der Waals surface area contributed by atoms with Crippen LogP contribution in [-0.4, -0.2) is 34.9 Å². The van der Waals surface area contributed by atoms with Crippen LogP contribution >= 0.6 is 0 Å². The number of benzene rings is 1. The first-order chi connectivity index (χ1) is 13.6. The van der Waals surface area contributed by atoms with Crippen LogP contribution in [0.3, 0.4) is 0 Å². The third-order valence-corrected chi connectivity index (χ3v) is 4.77. The fourth-order valence-corrected chi connectivity index (χ4v) is 3.47. The number of carbonyl (C=O) groups excluding carboxylic acids is 1. The molecule has 1 aromatic carbocycles. The van der Waals surface area contributed by atoms with Crippen molar-refractivity contribution in [3.63, 3.8) is 0 Å². The second-order valence-electron chi connectivity index (χ2n) is 6.31. The number of esters is 1. The van der Waals surface area contributed by atoms with Crippen LogP contribution in [0.25, 0.3) is 22.4 Å². The first-order valence-electron chi connectivity index (χ1n) is 8.68. The Bertz CT molecular complexity index is 1110. The van der Waals surface area contributed by atoms with Gasteiger partial charge in [0.15, 0.2) is 6.61 Å². The van der Waals surface area contributed by atoms with Crippen molar-refractivity contribution in [3.8, 4) is 34.2 Å². The van der Waals surface area contributed by atoms with Crippen molar-refractivity contribution in [2.75, 3.05) is 19.5 Å². The molecule has 2 heterocycles. The highest BCUT2D eigenvalue weighted by molar-refractivity contribution is 5.88. The van der Waals surface area contributed by atoms with Gasteiger partial charge in [-0.3, -0.25) is 5.10 Å². The number of H-pyrrole nitrogens is 1. The second kappa shape index (κ2) is 7.04. The molecule has 140 valence electrons. The predicted octanol–water partition coefficient (Wildman–Crippen LogP) is 2.24. The number of hydrogen-bond acceptors (Lipinski definition) is 7. The van der Waals surface area contributed by atoms with Gasteiger partial charge in [0.1, 0.15) is 23.2 Å². The average molecular weight is 375 g/mol. The lowest BCUT2D eigenvalue weighted by molar-refractivity contribution is -0.142. The van der Waals surface area contributed by atoms with Crippen molar-refractivity contribution in [3.05, 3.63) is 47.3 Å². The zero-order valence-corrected chi connectivity index (χ0v) is 15.2. The van der Waals surface area contributed by atoms with Gasteiger partial charge in [0.05, 0.1) is 19.0 Å². The highest BCUT2D eigenvalue weighted by atomic mass is 16.6. The summed E-state index contributed by atoms with van der Waals surface area (Å²) in [6.45, 7) is -0.232. The molecular formula is C20H17N5O3. The summed E-state index contributed by atoms with van der Waals surface area (Å²) in [6, 6.07) is 9.40. The van der Waals surface area contributed by atoms with Gasteiger partial charge < -0.3 is 15.2 Å². The fraction of sp³-hybridized carbons (Fsp3) is 0.200. The molecule has 28 heavy (non-hydrogen) atoms. The normalized spacial score (nSPS) is 11.9. The van der Waals surface area contributed by atoms with Crippen molar-refractivity contribution in [1.29, 1.82) is 5.26 Å². The van der Waals surface area contributed by atoms with Crippen molar-refractivity contribution in [2.45, 2.75) is 12.8 Å². The number of nitriles is 1. The SMILES string of the molecule is COC(=O)COc1ccccc1-c1c(C#N)c(N)nc2c1CCc1[nH]ncc1-2. The largest absolute Gasteiger partial charge is 0.481 e. The number of ether oxygens (including phenoxy) is 2.